The Bertz CT molecular complexity index is 737. The molecular weight excluding hydrogens is 404 g/mol. The molecule has 1 aliphatic rings. The van der Waals surface area contributed by atoms with E-state index in [0.717, 1.165) is 36.9 Å². The molecule has 1 aliphatic carbocycles. The van der Waals surface area contributed by atoms with Gasteiger partial charge in [0.05, 0.1) is 24.2 Å². The van der Waals surface area contributed by atoms with Gasteiger partial charge < -0.3 is 20.3 Å². The average Bonchev–Trinajstić information content (AvgIpc) is 3.40. The number of H-pyrrole nitrogens is 2. The van der Waals surface area contributed by atoms with E-state index in [9.17, 15) is 4.79 Å². The van der Waals surface area contributed by atoms with Gasteiger partial charge in [-0.2, -0.15) is 5.10 Å². The van der Waals surface area contributed by atoms with Gasteiger partial charge >= 0.3 is 0 Å². The third-order valence-corrected chi connectivity index (χ3v) is 4.80. The van der Waals surface area contributed by atoms with Crippen molar-refractivity contribution in [1.29, 1.82) is 0 Å². The van der Waals surface area contributed by atoms with E-state index >= 15 is 0 Å². The molecule has 0 saturated heterocycles. The number of amides is 1. The molecule has 4 N–H and O–H groups in total. The second-order valence-corrected chi connectivity index (χ2v) is 8.03. The van der Waals surface area contributed by atoms with Crippen LogP contribution in [0.5, 0.6) is 0 Å². The second kappa shape index (κ2) is 17.1. The SMILES string of the molecule is C=C(C)C.CCC1CC1.CCN(CC)CCO.Cc1nc(-c2[nH]ncc2NC=O)[nH]c1C. The van der Waals surface area contributed by atoms with Crippen molar-refractivity contribution in [3.63, 3.8) is 0 Å². The molecule has 0 aliphatic heterocycles. The topological polar surface area (TPSA) is 110 Å². The molecule has 2 heterocycles. The third kappa shape index (κ3) is 13.1. The maximum absolute atomic E-state index is 10.3. The average molecular weight is 449 g/mol. The minimum Gasteiger partial charge on any atom is -0.395 e. The lowest BCUT2D eigenvalue weighted by atomic mass is 10.3. The van der Waals surface area contributed by atoms with Crippen LogP contribution >= 0.6 is 0 Å². The first-order chi connectivity index (χ1) is 15.2. The lowest BCUT2D eigenvalue weighted by Crippen LogP contribution is -2.25. The summed E-state index contributed by atoms with van der Waals surface area (Å²) in [6.07, 6.45) is 6.58. The van der Waals surface area contributed by atoms with Crippen molar-refractivity contribution in [2.24, 2.45) is 5.92 Å². The summed E-state index contributed by atoms with van der Waals surface area (Å²) in [5, 5.41) is 17.6. The summed E-state index contributed by atoms with van der Waals surface area (Å²) < 4.78 is 0. The van der Waals surface area contributed by atoms with Crippen LogP contribution in [0.1, 0.15) is 65.3 Å². The van der Waals surface area contributed by atoms with Gasteiger partial charge in [0.2, 0.25) is 6.41 Å². The molecule has 1 saturated carbocycles. The molecule has 1 fully saturated rings. The summed E-state index contributed by atoms with van der Waals surface area (Å²) in [6, 6.07) is 0. The number of hydrogen-bond acceptors (Lipinski definition) is 5. The first kappa shape index (κ1) is 29.5. The second-order valence-electron chi connectivity index (χ2n) is 8.03. The van der Waals surface area contributed by atoms with E-state index in [-0.39, 0.29) is 6.61 Å². The molecule has 8 heteroatoms. The van der Waals surface area contributed by atoms with Gasteiger partial charge in [0.1, 0.15) is 5.69 Å². The Balaban J connectivity index is 0.000000473. The number of rotatable bonds is 8. The van der Waals surface area contributed by atoms with Crippen molar-refractivity contribution in [3.8, 4) is 11.5 Å². The van der Waals surface area contributed by atoms with Crippen molar-refractivity contribution in [2.45, 2.75) is 67.7 Å². The highest BCUT2D eigenvalue weighted by molar-refractivity contribution is 5.80. The maximum atomic E-state index is 10.3. The van der Waals surface area contributed by atoms with Gasteiger partial charge in [-0.15, -0.1) is 6.58 Å². The molecule has 0 bridgehead atoms. The van der Waals surface area contributed by atoms with Crippen LogP contribution < -0.4 is 5.32 Å². The summed E-state index contributed by atoms with van der Waals surface area (Å²) in [7, 11) is 0. The number of nitrogens with zero attached hydrogens (tertiary/aromatic N) is 3. The Morgan fingerprint density at radius 2 is 1.88 bits per heavy atom. The van der Waals surface area contributed by atoms with Crippen LogP contribution in [0.3, 0.4) is 0 Å². The van der Waals surface area contributed by atoms with Crippen LogP contribution in [0, 0.1) is 19.8 Å². The van der Waals surface area contributed by atoms with Crippen LogP contribution in [-0.4, -0.2) is 62.8 Å². The van der Waals surface area contributed by atoms with E-state index < -0.39 is 0 Å². The quantitative estimate of drug-likeness (QED) is 0.346. The van der Waals surface area contributed by atoms with Crippen LogP contribution in [0.2, 0.25) is 0 Å². The van der Waals surface area contributed by atoms with Crippen molar-refractivity contribution < 1.29 is 9.90 Å². The van der Waals surface area contributed by atoms with E-state index in [4.69, 9.17) is 5.11 Å². The normalized spacial score (nSPS) is 11.9. The summed E-state index contributed by atoms with van der Waals surface area (Å²) >= 11 is 0. The number of aromatic nitrogens is 4. The summed E-state index contributed by atoms with van der Waals surface area (Å²) in [5.74, 6) is 1.81. The van der Waals surface area contributed by atoms with Gasteiger partial charge in [-0.3, -0.25) is 9.89 Å². The van der Waals surface area contributed by atoms with E-state index in [1.165, 1.54) is 31.0 Å². The maximum Gasteiger partial charge on any atom is 0.211 e. The number of allylic oxidation sites excluding steroid dienone is 1. The number of aryl methyl sites for hydroxylation is 2. The highest BCUT2D eigenvalue weighted by Gasteiger charge is 2.17. The molecule has 32 heavy (non-hydrogen) atoms. The van der Waals surface area contributed by atoms with Gasteiger partial charge in [0.25, 0.3) is 0 Å². The van der Waals surface area contributed by atoms with Crippen molar-refractivity contribution in [3.05, 3.63) is 29.7 Å². The smallest absolute Gasteiger partial charge is 0.211 e. The van der Waals surface area contributed by atoms with Crippen molar-refractivity contribution in [1.82, 2.24) is 25.1 Å². The number of aromatic amines is 2. The molecule has 0 atom stereocenters. The minimum absolute atomic E-state index is 0.279. The molecule has 0 radical (unpaired) electrons. The number of aliphatic hydroxyl groups is 1. The van der Waals surface area contributed by atoms with E-state index in [2.05, 4.69) is 57.7 Å². The van der Waals surface area contributed by atoms with E-state index in [0.29, 0.717) is 23.6 Å². The highest BCUT2D eigenvalue weighted by Crippen LogP contribution is 2.31. The van der Waals surface area contributed by atoms with Crippen molar-refractivity contribution >= 4 is 12.1 Å². The zero-order chi connectivity index (χ0) is 24.5. The molecule has 0 aromatic carbocycles. The summed E-state index contributed by atoms with van der Waals surface area (Å²) in [5.41, 5.74) is 4.38. The Hall–Kier alpha value is -2.45. The lowest BCUT2D eigenvalue weighted by Gasteiger charge is -2.15. The first-order valence-electron chi connectivity index (χ1n) is 11.5. The Morgan fingerprint density at radius 1 is 1.28 bits per heavy atom. The largest absolute Gasteiger partial charge is 0.395 e. The predicted octanol–water partition coefficient (Wildman–Crippen LogP) is 4.69. The minimum atomic E-state index is 0.279. The van der Waals surface area contributed by atoms with Crippen LogP contribution in [0.4, 0.5) is 5.69 Å². The Morgan fingerprint density at radius 3 is 2.19 bits per heavy atom. The summed E-state index contributed by atoms with van der Waals surface area (Å²) in [4.78, 5) is 19.9. The number of likely N-dealkylation sites (N-methyl/N-ethyl adjacent to an activating group) is 1. The number of carbonyl (C=O) groups is 1. The molecule has 0 unspecified atom stereocenters. The molecule has 3 rings (SSSR count). The number of carbonyl (C=O) groups excluding carboxylic acids is 1. The number of imidazole rings is 1. The Labute approximate surface area is 193 Å². The molecule has 2 aromatic heterocycles. The third-order valence-electron chi connectivity index (χ3n) is 4.80. The molecule has 182 valence electrons. The van der Waals surface area contributed by atoms with Crippen LogP contribution in [-0.2, 0) is 4.79 Å². The lowest BCUT2D eigenvalue weighted by molar-refractivity contribution is -0.105. The van der Waals surface area contributed by atoms with Gasteiger partial charge in [-0.1, -0.05) is 45.6 Å². The van der Waals surface area contributed by atoms with Crippen molar-refractivity contribution in [2.75, 3.05) is 31.6 Å². The fourth-order valence-corrected chi connectivity index (χ4v) is 2.51. The van der Waals surface area contributed by atoms with Gasteiger partial charge in [-0.25, -0.2) is 4.98 Å². The number of nitrogens with one attached hydrogen (secondary N) is 3. The number of hydrogen-bond donors (Lipinski definition) is 4. The van der Waals surface area contributed by atoms with Gasteiger partial charge in [0, 0.05) is 12.2 Å². The zero-order valence-electron chi connectivity index (χ0n) is 21.1. The number of aliphatic hydroxyl groups excluding tert-OH is 1. The molecule has 1 amide bonds. The monoisotopic (exact) mass is 448 g/mol. The predicted molar refractivity (Wildman–Crippen MR) is 134 cm³/mol. The standard InChI is InChI=1S/C9H11N5O.C6H15NO.C5H10.C4H8/c1-5-6(2)13-9(12-5)8-7(10-4-15)3-11-14-8;1-3-7(4-2)5-6-8;1-2-5-3-4-5;1-4(2)3/h3-4H,1-2H3,(H,10,15)(H,11,14)(H,12,13);8H,3-6H2,1-2H3;5H,2-4H2,1H3;1H2,2-3H3. The molecule has 2 aromatic rings. The zero-order valence-corrected chi connectivity index (χ0v) is 21.1. The fourth-order valence-electron chi connectivity index (χ4n) is 2.51. The Kier molecular flexibility index (Phi) is 15.8. The molecule has 8 nitrogen and oxygen atoms in total. The van der Waals surface area contributed by atoms with E-state index in [1.807, 2.05) is 27.7 Å². The molecule has 0 spiro atoms. The first-order valence-corrected chi connectivity index (χ1v) is 11.5. The van der Waals surface area contributed by atoms with Gasteiger partial charge in [-0.05, 0) is 46.7 Å². The number of anilines is 1. The van der Waals surface area contributed by atoms with E-state index in [1.54, 1.807) is 0 Å². The molecular formula is C24H44N6O2. The van der Waals surface area contributed by atoms with Crippen LogP contribution in [0.15, 0.2) is 18.3 Å². The fraction of sp³-hybridized carbons (Fsp3) is 0.625. The highest BCUT2D eigenvalue weighted by atomic mass is 16.3. The van der Waals surface area contributed by atoms with Gasteiger partial charge in [0.15, 0.2) is 5.82 Å². The summed E-state index contributed by atoms with van der Waals surface area (Å²) in [6.45, 7) is 21.0. The van der Waals surface area contributed by atoms with Crippen LogP contribution in [0.25, 0.3) is 11.5 Å².